The predicted octanol–water partition coefficient (Wildman–Crippen LogP) is -0.803. The first-order chi connectivity index (χ1) is 43.0. The van der Waals surface area contributed by atoms with Gasteiger partial charge in [0.2, 0.25) is 18.1 Å². The minimum absolute atomic E-state index is 0.159. The highest BCUT2D eigenvalue weighted by molar-refractivity contribution is 8.44. The summed E-state index contributed by atoms with van der Waals surface area (Å²) in [6, 6.07) is 0. The van der Waals surface area contributed by atoms with Crippen LogP contribution in [0.15, 0.2) is 38.4 Å². The molecule has 7 aliphatic rings. The summed E-state index contributed by atoms with van der Waals surface area (Å²) in [5.74, 6) is -4.41. The minimum atomic E-state index is -4.67. The number of nitrogens with two attached hydrogens (primary N) is 3. The number of imidazole rings is 2. The van der Waals surface area contributed by atoms with E-state index in [0.717, 1.165) is 21.9 Å². The highest BCUT2D eigenvalue weighted by Gasteiger charge is 2.64. The number of nitrogen functional groups attached to an aromatic ring is 2. The normalized spacial score (nSPS) is 38.4. The number of aromatic amines is 3. The van der Waals surface area contributed by atoms with Gasteiger partial charge in [-0.05, 0) is 35.4 Å². The Morgan fingerprint density at radius 2 is 1.20 bits per heavy atom. The number of ether oxygens (including phenoxy) is 4. The first kappa shape index (κ1) is 64.4. The van der Waals surface area contributed by atoms with E-state index in [-0.39, 0.29) is 45.4 Å². The summed E-state index contributed by atoms with van der Waals surface area (Å²) in [4.78, 5) is 99.9. The molecule has 5 unspecified atom stereocenters. The molecule has 14 heterocycles. The Bertz CT molecular complexity index is 4440. The third-order valence-corrected chi connectivity index (χ3v) is 20.7. The van der Waals surface area contributed by atoms with Gasteiger partial charge in [0.05, 0.1) is 51.7 Å². The van der Waals surface area contributed by atoms with Crippen molar-refractivity contribution in [2.24, 2.45) is 10.7 Å². The van der Waals surface area contributed by atoms with Crippen molar-refractivity contribution in [3.05, 3.63) is 55.7 Å². The molecule has 7 aromatic heterocycles. The maximum Gasteiger partial charge on any atom is 0.386 e. The molecule has 0 aromatic carbocycles. The van der Waals surface area contributed by atoms with Crippen molar-refractivity contribution in [2.45, 2.75) is 104 Å². The summed E-state index contributed by atoms with van der Waals surface area (Å²) in [6.07, 6.45) is -23.4. The van der Waals surface area contributed by atoms with E-state index in [1.54, 1.807) is 0 Å². The minimum Gasteiger partial charge on any atom is -0.369 e. The fraction of sp³-hybridized carbons (Fsp3) is 0.553. The van der Waals surface area contributed by atoms with Crippen LogP contribution >= 0.6 is 39.2 Å². The lowest BCUT2D eigenvalue weighted by atomic mass is 10.1. The number of H-pyrrole nitrogens is 3. The van der Waals surface area contributed by atoms with Crippen LogP contribution in [0.2, 0.25) is 0 Å². The van der Waals surface area contributed by atoms with Crippen molar-refractivity contribution in [3.8, 4) is 0 Å². The number of aliphatic imine (C=N–C) groups is 1. The second kappa shape index (κ2) is 23.9. The molecule has 0 spiro atoms. The molecule has 6 saturated heterocycles. The smallest absolute Gasteiger partial charge is 0.369 e. The lowest BCUT2D eigenvalue weighted by Gasteiger charge is -2.28. The van der Waals surface area contributed by atoms with Gasteiger partial charge in [-0.1, -0.05) is 22.7 Å². The fourth-order valence-corrected chi connectivity index (χ4v) is 16.1. The van der Waals surface area contributed by atoms with Crippen molar-refractivity contribution in [3.63, 3.8) is 0 Å². The van der Waals surface area contributed by atoms with Crippen LogP contribution in [0.25, 0.3) is 33.5 Å². The van der Waals surface area contributed by atoms with Gasteiger partial charge in [-0.2, -0.15) is 28.1 Å². The number of hydrogen-bond donors (Lipinski definition) is 11. The number of nitrogens with zero attached hydrogens (tertiary/aromatic N) is 14. The second-order valence-corrected chi connectivity index (χ2v) is 31.4. The molecule has 40 nitrogen and oxygen atoms in total. The van der Waals surface area contributed by atoms with Crippen molar-refractivity contribution < 1.29 is 96.3 Å². The highest BCUT2D eigenvalue weighted by Crippen LogP contribution is 2.61. The van der Waals surface area contributed by atoms with E-state index < -0.39 is 174 Å². The SMILES string of the molecule is Nc1nc2c(ncn2[C@@H]2O[C@@H]3COP(O)(=S)O[C@@H]4[C@@H](COP(=O)(S)O[C@@H]2[C@@H]3F)O[C@@H](n2nnc3c(=O)[nH]cnc32)C4(F)F)c(=O)[nH]1.Nc1nc2c(nnn2[C@@H]2O[C@@H]3COP(O)(=S)O[C@H]4[C@H](F)[C@H](n5cnc6c5NC=NC6N)O[C@@H]4COP(O)(=S)O[C@@H]2[C@@H]3F)c(=O)[nH]1. The van der Waals surface area contributed by atoms with Crippen LogP contribution in [0.5, 0.6) is 0 Å². The van der Waals surface area contributed by atoms with E-state index >= 15 is 22.0 Å². The van der Waals surface area contributed by atoms with Gasteiger partial charge in [-0.15, -0.1) is 10.2 Å². The van der Waals surface area contributed by atoms with Gasteiger partial charge < -0.3 is 74.7 Å². The number of aromatic nitrogens is 16. The van der Waals surface area contributed by atoms with Crippen LogP contribution in [-0.2, 0) is 95.1 Å². The van der Waals surface area contributed by atoms with Gasteiger partial charge in [0, 0.05) is 0 Å². The van der Waals surface area contributed by atoms with Crippen LogP contribution in [0.4, 0.5) is 39.7 Å². The molecule has 4 bridgehead atoms. The summed E-state index contributed by atoms with van der Waals surface area (Å²) in [7, 11) is 0. The first-order valence-corrected chi connectivity index (χ1v) is 36.2. The Morgan fingerprint density at radius 3 is 1.89 bits per heavy atom. The van der Waals surface area contributed by atoms with Crippen LogP contribution in [0.3, 0.4) is 0 Å². The van der Waals surface area contributed by atoms with Gasteiger partial charge in [-0.25, -0.2) is 32.7 Å². The zero-order valence-electron chi connectivity index (χ0n) is 44.6. The molecule has 0 radical (unpaired) electrons. The van der Waals surface area contributed by atoms with Crippen molar-refractivity contribution in [1.82, 2.24) is 79.0 Å². The standard InChI is InChI=1S/C19H19F3N10O10P2S2.C19H23F2N11O9P2S2/c20-7-5-1-37-44(36,46)42-11-6(40-17(19(11,21)22)32-12-9(29-30-32)14(33)25-3-24-12)2-38-43(35,45)41-10(7)16(39-5)31-4-26-8-13(31)27-18(23)28-15(8)34;20-7-5-1-36-42(34,44)40-11-6(39-17(8(11)21)31-4-26-9-13(22)24-3-25-14(9)31)2-37-43(35,45)41-12(7)18(38-5)32-15-10(29-30-32)16(33)28-19(23)27-15/h3-7,10-11,16-17H,1-2H2,(H,35,45)(H,36,46)(H,24,25,33)(H3,23,27,28,34);3-8,11-13,17-18H,1-2,22H2,(H,24,25)(H,34,44)(H,35,45)(H3,23,27,28,33)/t5-,6-,7-,10-,11-,16-,17-,43?,44?;5-,6-,7-,8+,11-,12-,13?,17-,18-,42?,43?/m11/s1. The van der Waals surface area contributed by atoms with E-state index in [9.17, 15) is 33.6 Å². The van der Waals surface area contributed by atoms with Crippen LogP contribution in [0.1, 0.15) is 36.8 Å². The molecule has 6 fully saturated rings. The number of rotatable bonds is 4. The number of alkyl halides is 5. The molecule has 13 N–H and O–H groups in total. The number of nitrogens with one attached hydrogen (secondary N) is 4. The average molecular weight is 1440 g/mol. The lowest BCUT2D eigenvalue weighted by Crippen LogP contribution is -2.41. The number of hydrogen-bond acceptors (Lipinski definition) is 33. The molecule has 7 aliphatic heterocycles. The maximum absolute atomic E-state index is 16.0. The first-order valence-electron chi connectivity index (χ1n) is 25.7. The molecular weight excluding hydrogens is 1400 g/mol. The lowest BCUT2D eigenvalue weighted by molar-refractivity contribution is -0.140. The quantitative estimate of drug-likeness (QED) is 0.0583. The molecule has 53 heteroatoms. The Morgan fingerprint density at radius 1 is 0.637 bits per heavy atom. The average Bonchev–Trinajstić information content (AvgIpc) is 1.63. The Hall–Kier alpha value is -5.27. The third-order valence-electron chi connectivity index (χ3n) is 14.4. The van der Waals surface area contributed by atoms with Crippen LogP contribution in [-0.4, -0.2) is 200 Å². The summed E-state index contributed by atoms with van der Waals surface area (Å²) in [5.41, 5.74) is 13.7. The number of anilines is 3. The van der Waals surface area contributed by atoms with Gasteiger partial charge in [0.15, 0.2) is 76.8 Å². The Labute approximate surface area is 519 Å². The summed E-state index contributed by atoms with van der Waals surface area (Å²) < 4.78 is 163. The zero-order chi connectivity index (χ0) is 64.6. The summed E-state index contributed by atoms with van der Waals surface area (Å²) >= 11 is 19.1. The van der Waals surface area contributed by atoms with Gasteiger partial charge in [-0.3, -0.25) is 61.1 Å². The van der Waals surface area contributed by atoms with E-state index in [1.165, 1.54) is 17.2 Å². The molecular formula is C38H42F5N21O19P4S4. The largest absolute Gasteiger partial charge is 0.386 e. The fourth-order valence-electron chi connectivity index (χ4n) is 10.4. The van der Waals surface area contributed by atoms with E-state index in [4.69, 9.17) is 108 Å². The molecule has 492 valence electrons. The molecule has 0 aliphatic carbocycles. The zero-order valence-corrected chi connectivity index (χ0v) is 51.5. The van der Waals surface area contributed by atoms with Crippen molar-refractivity contribution in [2.75, 3.05) is 43.2 Å². The van der Waals surface area contributed by atoms with Crippen LogP contribution in [0, 0.1) is 0 Å². The van der Waals surface area contributed by atoms with E-state index in [0.29, 0.717) is 16.2 Å². The van der Waals surface area contributed by atoms with Gasteiger partial charge in [0.1, 0.15) is 60.4 Å². The summed E-state index contributed by atoms with van der Waals surface area (Å²) in [6.45, 7) is -21.3. The topological polar surface area (TPSA) is 525 Å². The monoisotopic (exact) mass is 1440 g/mol. The van der Waals surface area contributed by atoms with Gasteiger partial charge >= 0.3 is 32.9 Å². The Balaban J connectivity index is 0.000000167. The van der Waals surface area contributed by atoms with E-state index in [2.05, 4.69) is 83.1 Å². The molecule has 14 rings (SSSR count). The van der Waals surface area contributed by atoms with E-state index in [1.807, 2.05) is 0 Å². The molecule has 0 saturated carbocycles. The van der Waals surface area contributed by atoms with Crippen LogP contribution < -0.4 is 39.2 Å². The molecule has 20 atom stereocenters. The predicted molar refractivity (Wildman–Crippen MR) is 305 cm³/mol. The molecule has 7 aromatic rings. The highest BCUT2D eigenvalue weighted by atomic mass is 32.7. The Kier molecular flexibility index (Phi) is 16.9. The molecule has 0 amide bonds. The second-order valence-electron chi connectivity index (χ2n) is 20.1. The maximum atomic E-state index is 16.0. The van der Waals surface area contributed by atoms with Gasteiger partial charge in [0.25, 0.3) is 16.7 Å². The number of thiol groups is 1. The van der Waals surface area contributed by atoms with Crippen molar-refractivity contribution in [1.29, 1.82) is 0 Å². The number of fused-ring (bicyclic) bond motifs is 10. The third kappa shape index (κ3) is 12.1. The molecule has 91 heavy (non-hydrogen) atoms. The van der Waals surface area contributed by atoms with Crippen molar-refractivity contribution >= 4 is 132 Å². The summed E-state index contributed by atoms with van der Waals surface area (Å²) in [5, 5.41) is 17.5. The number of halogens is 5.